The summed E-state index contributed by atoms with van der Waals surface area (Å²) in [6.07, 6.45) is 4.85. The molecular formula is C16H25FN2O. The summed E-state index contributed by atoms with van der Waals surface area (Å²) in [7, 11) is 3.56. The molecule has 2 atom stereocenters. The Hall–Kier alpha value is -1.13. The summed E-state index contributed by atoms with van der Waals surface area (Å²) in [6.45, 7) is 1.32. The molecule has 0 spiro atoms. The summed E-state index contributed by atoms with van der Waals surface area (Å²) in [5.41, 5.74) is 6.57. The van der Waals surface area contributed by atoms with Gasteiger partial charge in [-0.1, -0.05) is 25.0 Å². The lowest BCUT2D eigenvalue weighted by molar-refractivity contribution is 0.126. The molecule has 1 aliphatic rings. The van der Waals surface area contributed by atoms with Gasteiger partial charge in [0, 0.05) is 18.2 Å². The van der Waals surface area contributed by atoms with Crippen molar-refractivity contribution in [3.8, 4) is 5.75 Å². The maximum absolute atomic E-state index is 14.2. The van der Waals surface area contributed by atoms with E-state index in [1.165, 1.54) is 26.4 Å². The normalized spacial score (nSPS) is 23.1. The van der Waals surface area contributed by atoms with Gasteiger partial charge in [0.2, 0.25) is 0 Å². The summed E-state index contributed by atoms with van der Waals surface area (Å²) in [5.74, 6) is 0.597. The second-order valence-electron chi connectivity index (χ2n) is 5.70. The number of ether oxygens (including phenoxy) is 1. The van der Waals surface area contributed by atoms with Gasteiger partial charge in [0.15, 0.2) is 11.6 Å². The Labute approximate surface area is 120 Å². The topological polar surface area (TPSA) is 38.5 Å². The molecule has 2 unspecified atom stereocenters. The number of methoxy groups -OCH3 is 1. The second kappa shape index (κ2) is 7.04. The molecule has 112 valence electrons. The van der Waals surface area contributed by atoms with Crippen LogP contribution in [0.25, 0.3) is 0 Å². The Kier molecular flexibility index (Phi) is 5.38. The van der Waals surface area contributed by atoms with Gasteiger partial charge in [-0.2, -0.15) is 0 Å². The third-order valence-corrected chi connectivity index (χ3v) is 4.42. The molecule has 0 aromatic heterocycles. The van der Waals surface area contributed by atoms with Crippen molar-refractivity contribution in [2.45, 2.75) is 38.3 Å². The summed E-state index contributed by atoms with van der Waals surface area (Å²) in [4.78, 5) is 2.24. The average molecular weight is 280 g/mol. The van der Waals surface area contributed by atoms with Crippen LogP contribution in [0.4, 0.5) is 4.39 Å². The van der Waals surface area contributed by atoms with Crippen molar-refractivity contribution in [2.24, 2.45) is 11.7 Å². The molecule has 0 amide bonds. The van der Waals surface area contributed by atoms with Crippen molar-refractivity contribution in [1.82, 2.24) is 4.90 Å². The molecule has 1 aliphatic carbocycles. The molecule has 0 bridgehead atoms. The molecule has 2 rings (SSSR count). The molecule has 0 heterocycles. The molecule has 0 saturated heterocycles. The number of benzene rings is 1. The van der Waals surface area contributed by atoms with Crippen LogP contribution >= 0.6 is 0 Å². The number of nitrogens with two attached hydrogens (primary N) is 1. The van der Waals surface area contributed by atoms with Crippen molar-refractivity contribution in [2.75, 3.05) is 20.7 Å². The van der Waals surface area contributed by atoms with Gasteiger partial charge >= 0.3 is 0 Å². The standard InChI is InChI=1S/C16H25FN2O/c1-19(14-8-4-3-6-12(14)10-18)11-13-7-5-9-15(20-2)16(13)17/h5,7,9,12,14H,3-4,6,8,10-11,18H2,1-2H3. The summed E-state index contributed by atoms with van der Waals surface area (Å²) >= 11 is 0. The maximum atomic E-state index is 14.2. The van der Waals surface area contributed by atoms with Crippen LogP contribution in [-0.2, 0) is 6.54 Å². The van der Waals surface area contributed by atoms with Crippen molar-refractivity contribution in [1.29, 1.82) is 0 Å². The van der Waals surface area contributed by atoms with Gasteiger partial charge in [0.25, 0.3) is 0 Å². The molecule has 2 N–H and O–H groups in total. The fourth-order valence-corrected chi connectivity index (χ4v) is 3.27. The fraction of sp³-hybridized carbons (Fsp3) is 0.625. The third kappa shape index (κ3) is 3.30. The smallest absolute Gasteiger partial charge is 0.169 e. The summed E-state index contributed by atoms with van der Waals surface area (Å²) in [6, 6.07) is 5.78. The Morgan fingerprint density at radius 2 is 2.10 bits per heavy atom. The summed E-state index contributed by atoms with van der Waals surface area (Å²) in [5, 5.41) is 0. The number of halogens is 1. The minimum atomic E-state index is -0.248. The average Bonchev–Trinajstić information content (AvgIpc) is 2.49. The predicted octanol–water partition coefficient (Wildman–Crippen LogP) is 2.78. The van der Waals surface area contributed by atoms with Gasteiger partial charge in [-0.3, -0.25) is 4.90 Å². The van der Waals surface area contributed by atoms with Crippen LogP contribution in [0.15, 0.2) is 18.2 Å². The van der Waals surface area contributed by atoms with E-state index < -0.39 is 0 Å². The van der Waals surface area contributed by atoms with Crippen molar-refractivity contribution in [3.63, 3.8) is 0 Å². The summed E-state index contributed by atoms with van der Waals surface area (Å²) < 4.78 is 19.2. The highest BCUT2D eigenvalue weighted by Gasteiger charge is 2.27. The molecule has 1 saturated carbocycles. The zero-order chi connectivity index (χ0) is 14.5. The van der Waals surface area contributed by atoms with Gasteiger partial charge in [-0.15, -0.1) is 0 Å². The van der Waals surface area contributed by atoms with Crippen LogP contribution in [-0.4, -0.2) is 31.6 Å². The van der Waals surface area contributed by atoms with E-state index in [0.29, 0.717) is 29.8 Å². The first-order valence-electron chi connectivity index (χ1n) is 7.39. The number of hydrogen-bond donors (Lipinski definition) is 1. The molecule has 1 fully saturated rings. The minimum absolute atomic E-state index is 0.248. The van der Waals surface area contributed by atoms with Crippen LogP contribution in [0, 0.1) is 11.7 Å². The molecule has 1 aromatic carbocycles. The minimum Gasteiger partial charge on any atom is -0.494 e. The number of rotatable bonds is 5. The van der Waals surface area contributed by atoms with Gasteiger partial charge < -0.3 is 10.5 Å². The monoisotopic (exact) mass is 280 g/mol. The molecule has 20 heavy (non-hydrogen) atoms. The van der Waals surface area contributed by atoms with Crippen molar-refractivity contribution in [3.05, 3.63) is 29.6 Å². The Bertz CT molecular complexity index is 438. The second-order valence-corrected chi connectivity index (χ2v) is 5.70. The van der Waals surface area contributed by atoms with Gasteiger partial charge in [0.1, 0.15) is 0 Å². The molecule has 3 nitrogen and oxygen atoms in total. The molecular weight excluding hydrogens is 255 g/mol. The molecule has 0 radical (unpaired) electrons. The lowest BCUT2D eigenvalue weighted by atomic mass is 9.83. The highest BCUT2D eigenvalue weighted by atomic mass is 19.1. The van der Waals surface area contributed by atoms with Crippen LogP contribution in [0.5, 0.6) is 5.75 Å². The molecule has 1 aromatic rings. The Morgan fingerprint density at radius 3 is 2.80 bits per heavy atom. The van der Waals surface area contributed by atoms with E-state index in [9.17, 15) is 4.39 Å². The van der Waals surface area contributed by atoms with Gasteiger partial charge in [0.05, 0.1) is 7.11 Å². The highest BCUT2D eigenvalue weighted by Crippen LogP contribution is 2.29. The van der Waals surface area contributed by atoms with E-state index in [-0.39, 0.29) is 5.82 Å². The van der Waals surface area contributed by atoms with E-state index in [1.54, 1.807) is 6.07 Å². The van der Waals surface area contributed by atoms with E-state index in [0.717, 1.165) is 13.0 Å². The maximum Gasteiger partial charge on any atom is 0.169 e. The zero-order valence-corrected chi connectivity index (χ0v) is 12.4. The Balaban J connectivity index is 2.08. The van der Waals surface area contributed by atoms with Gasteiger partial charge in [-0.25, -0.2) is 4.39 Å². The first-order valence-corrected chi connectivity index (χ1v) is 7.39. The highest BCUT2D eigenvalue weighted by molar-refractivity contribution is 5.31. The molecule has 0 aliphatic heterocycles. The van der Waals surface area contributed by atoms with Crippen LogP contribution in [0.1, 0.15) is 31.2 Å². The predicted molar refractivity (Wildman–Crippen MR) is 79.2 cm³/mol. The SMILES string of the molecule is COc1cccc(CN(C)C2CCCCC2CN)c1F. The van der Waals surface area contributed by atoms with Crippen LogP contribution in [0.3, 0.4) is 0 Å². The fourth-order valence-electron chi connectivity index (χ4n) is 3.27. The van der Waals surface area contributed by atoms with Crippen LogP contribution in [0.2, 0.25) is 0 Å². The van der Waals surface area contributed by atoms with E-state index in [1.807, 2.05) is 12.1 Å². The Morgan fingerprint density at radius 1 is 1.35 bits per heavy atom. The van der Waals surface area contributed by atoms with E-state index in [4.69, 9.17) is 10.5 Å². The van der Waals surface area contributed by atoms with Crippen molar-refractivity contribution >= 4 is 0 Å². The third-order valence-electron chi connectivity index (χ3n) is 4.42. The quantitative estimate of drug-likeness (QED) is 0.901. The molecule has 4 heteroatoms. The first kappa shape index (κ1) is 15.3. The lowest BCUT2D eigenvalue weighted by Crippen LogP contribution is -2.42. The largest absolute Gasteiger partial charge is 0.494 e. The van der Waals surface area contributed by atoms with E-state index >= 15 is 0 Å². The number of nitrogens with zero attached hydrogens (tertiary/aromatic N) is 1. The first-order chi connectivity index (χ1) is 9.67. The van der Waals surface area contributed by atoms with Crippen molar-refractivity contribution < 1.29 is 9.13 Å². The number of hydrogen-bond acceptors (Lipinski definition) is 3. The zero-order valence-electron chi connectivity index (χ0n) is 12.4. The van der Waals surface area contributed by atoms with E-state index in [2.05, 4.69) is 11.9 Å². The lowest BCUT2D eigenvalue weighted by Gasteiger charge is -2.37. The van der Waals surface area contributed by atoms with Gasteiger partial charge in [-0.05, 0) is 38.4 Å². The van der Waals surface area contributed by atoms with Crippen LogP contribution < -0.4 is 10.5 Å².